The largest absolute Gasteiger partial charge is 0.508 e. The Morgan fingerprint density at radius 1 is 0.900 bits per heavy atom. The Bertz CT molecular complexity index is 1200. The molecule has 4 atom stereocenters. The molecule has 3 amide bonds. The van der Waals surface area contributed by atoms with Crippen LogP contribution in [0.15, 0.2) is 54.6 Å². The molecule has 0 aromatic heterocycles. The number of nitrogens with two attached hydrogens (primary N) is 1. The Hall–Kier alpha value is -4.45. The number of carbonyl (C=O) groups is 5. The van der Waals surface area contributed by atoms with Gasteiger partial charge in [0.15, 0.2) is 0 Å². The molecule has 1 aliphatic rings. The summed E-state index contributed by atoms with van der Waals surface area (Å²) in [7, 11) is 0. The van der Waals surface area contributed by atoms with E-state index in [4.69, 9.17) is 10.8 Å². The van der Waals surface area contributed by atoms with Crippen molar-refractivity contribution < 1.29 is 39.3 Å². The van der Waals surface area contributed by atoms with E-state index in [1.54, 1.807) is 42.5 Å². The number of carbonyl (C=O) groups excluding carboxylic acids is 3. The van der Waals surface area contributed by atoms with Crippen LogP contribution in [0, 0.1) is 0 Å². The number of phenolic OH excluding ortho intramolecular Hbond substituents is 1. The van der Waals surface area contributed by atoms with Gasteiger partial charge in [0.25, 0.3) is 0 Å². The second kappa shape index (κ2) is 14.1. The quantitative estimate of drug-likeness (QED) is 0.203. The van der Waals surface area contributed by atoms with Crippen LogP contribution < -0.4 is 16.4 Å². The van der Waals surface area contributed by atoms with E-state index in [1.807, 2.05) is 0 Å². The highest BCUT2D eigenvalue weighted by Crippen LogP contribution is 2.20. The lowest BCUT2D eigenvalue weighted by Crippen LogP contribution is -2.57. The first-order chi connectivity index (χ1) is 19.0. The molecule has 1 saturated heterocycles. The van der Waals surface area contributed by atoms with E-state index in [1.165, 1.54) is 17.0 Å². The molecule has 2 aromatic carbocycles. The lowest BCUT2D eigenvalue weighted by Gasteiger charge is -2.28. The molecule has 1 aliphatic heterocycles. The first-order valence-corrected chi connectivity index (χ1v) is 13.0. The molecule has 12 nitrogen and oxygen atoms in total. The molecule has 12 heteroatoms. The van der Waals surface area contributed by atoms with Gasteiger partial charge in [-0.3, -0.25) is 19.2 Å². The molecular weight excluding hydrogens is 520 g/mol. The van der Waals surface area contributed by atoms with E-state index in [2.05, 4.69) is 10.6 Å². The van der Waals surface area contributed by atoms with Gasteiger partial charge in [-0.05, 0) is 42.5 Å². The van der Waals surface area contributed by atoms with Crippen LogP contribution >= 0.6 is 0 Å². The molecule has 1 heterocycles. The number of aromatic hydroxyl groups is 1. The minimum Gasteiger partial charge on any atom is -0.508 e. The zero-order chi connectivity index (χ0) is 29.2. The summed E-state index contributed by atoms with van der Waals surface area (Å²) < 4.78 is 0. The van der Waals surface area contributed by atoms with Crippen LogP contribution in [0.5, 0.6) is 5.75 Å². The lowest BCUT2D eigenvalue weighted by atomic mass is 10.0. The van der Waals surface area contributed by atoms with E-state index in [0.717, 1.165) is 5.56 Å². The van der Waals surface area contributed by atoms with Gasteiger partial charge < -0.3 is 36.6 Å². The number of nitrogens with zero attached hydrogens (tertiary/aromatic N) is 1. The summed E-state index contributed by atoms with van der Waals surface area (Å²) in [5, 5.41) is 33.3. The van der Waals surface area contributed by atoms with Gasteiger partial charge in [0.1, 0.15) is 23.9 Å². The number of hydrogen-bond acceptors (Lipinski definition) is 7. The minimum absolute atomic E-state index is 0.0209. The molecule has 3 rings (SSSR count). The van der Waals surface area contributed by atoms with Crippen molar-refractivity contribution in [1.82, 2.24) is 15.5 Å². The van der Waals surface area contributed by atoms with Gasteiger partial charge in [0, 0.05) is 25.8 Å². The molecule has 7 N–H and O–H groups in total. The number of rotatable bonds is 13. The summed E-state index contributed by atoms with van der Waals surface area (Å²) in [6.07, 6.45) is 0.525. The number of benzene rings is 2. The molecular formula is C28H34N4O8. The first-order valence-electron chi connectivity index (χ1n) is 13.0. The molecule has 1 fully saturated rings. The number of aliphatic carboxylic acids is 2. The average molecular weight is 555 g/mol. The maximum Gasteiger partial charge on any atom is 0.326 e. The molecule has 214 valence electrons. The molecule has 4 unspecified atom stereocenters. The fraction of sp³-hybridized carbons (Fsp3) is 0.393. The van der Waals surface area contributed by atoms with Crippen LogP contribution in [0.2, 0.25) is 0 Å². The second-order valence-electron chi connectivity index (χ2n) is 9.75. The smallest absolute Gasteiger partial charge is 0.326 e. The number of nitrogens with one attached hydrogen (secondary N) is 2. The lowest BCUT2D eigenvalue weighted by molar-refractivity contribution is -0.143. The zero-order valence-corrected chi connectivity index (χ0v) is 21.9. The number of carboxylic acid groups (broad SMARTS) is 2. The summed E-state index contributed by atoms with van der Waals surface area (Å²) in [5.41, 5.74) is 7.20. The Balaban J connectivity index is 1.75. The minimum atomic E-state index is -1.30. The molecule has 0 saturated carbocycles. The van der Waals surface area contributed by atoms with Crippen molar-refractivity contribution in [2.24, 2.45) is 5.73 Å². The molecule has 2 aromatic rings. The van der Waals surface area contributed by atoms with Crippen LogP contribution in [-0.2, 0) is 36.8 Å². The third-order valence-corrected chi connectivity index (χ3v) is 6.73. The van der Waals surface area contributed by atoms with Crippen molar-refractivity contribution in [3.8, 4) is 5.75 Å². The number of hydrogen-bond donors (Lipinski definition) is 6. The van der Waals surface area contributed by atoms with E-state index < -0.39 is 53.8 Å². The van der Waals surface area contributed by atoms with E-state index in [9.17, 15) is 34.2 Å². The molecule has 40 heavy (non-hydrogen) atoms. The fourth-order valence-corrected chi connectivity index (χ4v) is 4.59. The number of carboxylic acids is 2. The Kier molecular flexibility index (Phi) is 10.6. The Morgan fingerprint density at radius 2 is 1.52 bits per heavy atom. The maximum atomic E-state index is 13.3. The highest BCUT2D eigenvalue weighted by molar-refractivity contribution is 5.94. The van der Waals surface area contributed by atoms with Gasteiger partial charge in [-0.25, -0.2) is 4.79 Å². The van der Waals surface area contributed by atoms with Crippen molar-refractivity contribution in [3.63, 3.8) is 0 Å². The van der Waals surface area contributed by atoms with Crippen molar-refractivity contribution in [2.75, 3.05) is 6.54 Å². The van der Waals surface area contributed by atoms with E-state index in [0.29, 0.717) is 18.4 Å². The van der Waals surface area contributed by atoms with Gasteiger partial charge in [-0.2, -0.15) is 0 Å². The zero-order valence-electron chi connectivity index (χ0n) is 21.9. The predicted octanol–water partition coefficient (Wildman–Crippen LogP) is 0.415. The standard InChI is InChI=1S/C28H34N4O8/c29-20(12-13-24(34)35)27(38)32-14-4-7-23(32)26(37)30-21(15-17-5-2-1-3-6-17)25(36)31-22(28(39)40)16-18-8-10-19(33)11-9-18/h1-3,5-6,8-11,20-23,33H,4,7,12-16,29H2,(H,30,37)(H,31,36)(H,34,35)(H,39,40). The Labute approximate surface area is 231 Å². The summed E-state index contributed by atoms with van der Waals surface area (Å²) >= 11 is 0. The highest BCUT2D eigenvalue weighted by atomic mass is 16.4. The summed E-state index contributed by atoms with van der Waals surface area (Å²) in [5.74, 6) is -4.17. The predicted molar refractivity (Wildman–Crippen MR) is 143 cm³/mol. The van der Waals surface area contributed by atoms with Crippen molar-refractivity contribution >= 4 is 29.7 Å². The molecule has 0 radical (unpaired) electrons. The SMILES string of the molecule is NC(CCC(=O)O)C(=O)N1CCCC1C(=O)NC(Cc1ccccc1)C(=O)NC(Cc1ccc(O)cc1)C(=O)O. The van der Waals surface area contributed by atoms with Crippen molar-refractivity contribution in [2.45, 2.75) is 62.7 Å². The number of amides is 3. The second-order valence-corrected chi connectivity index (χ2v) is 9.75. The van der Waals surface area contributed by atoms with Gasteiger partial charge in [-0.15, -0.1) is 0 Å². The average Bonchev–Trinajstić information content (AvgIpc) is 3.42. The topological polar surface area (TPSA) is 199 Å². The summed E-state index contributed by atoms with van der Waals surface area (Å²) in [6.45, 7) is 0.265. The van der Waals surface area contributed by atoms with Gasteiger partial charge in [0.05, 0.1) is 6.04 Å². The maximum absolute atomic E-state index is 13.3. The summed E-state index contributed by atoms with van der Waals surface area (Å²) in [4.78, 5) is 63.7. The Morgan fingerprint density at radius 3 is 2.15 bits per heavy atom. The van der Waals surface area contributed by atoms with Crippen LogP contribution in [0.3, 0.4) is 0 Å². The van der Waals surface area contributed by atoms with Crippen molar-refractivity contribution in [3.05, 3.63) is 65.7 Å². The van der Waals surface area contributed by atoms with Crippen LogP contribution in [0.25, 0.3) is 0 Å². The van der Waals surface area contributed by atoms with Crippen LogP contribution in [-0.4, -0.2) is 80.6 Å². The molecule has 0 aliphatic carbocycles. The van der Waals surface area contributed by atoms with Crippen LogP contribution in [0.1, 0.15) is 36.8 Å². The van der Waals surface area contributed by atoms with Crippen LogP contribution in [0.4, 0.5) is 0 Å². The van der Waals surface area contributed by atoms with E-state index in [-0.39, 0.29) is 38.0 Å². The molecule has 0 bridgehead atoms. The van der Waals surface area contributed by atoms with Gasteiger partial charge >= 0.3 is 11.9 Å². The van der Waals surface area contributed by atoms with E-state index >= 15 is 0 Å². The van der Waals surface area contributed by atoms with Gasteiger partial charge in [0.2, 0.25) is 17.7 Å². The fourth-order valence-electron chi connectivity index (χ4n) is 4.59. The number of likely N-dealkylation sites (tertiary alicyclic amines) is 1. The normalized spacial score (nSPS) is 16.9. The van der Waals surface area contributed by atoms with Crippen molar-refractivity contribution in [1.29, 1.82) is 0 Å². The third kappa shape index (κ3) is 8.53. The number of phenols is 1. The third-order valence-electron chi connectivity index (χ3n) is 6.73. The van der Waals surface area contributed by atoms with Gasteiger partial charge in [-0.1, -0.05) is 42.5 Å². The summed E-state index contributed by atoms with van der Waals surface area (Å²) in [6, 6.07) is 10.4. The molecule has 0 spiro atoms. The highest BCUT2D eigenvalue weighted by Gasteiger charge is 2.38. The monoisotopic (exact) mass is 554 g/mol. The first kappa shape index (κ1) is 30.1.